The fraction of sp³-hybridized carbons (Fsp3) is 0.125. The second kappa shape index (κ2) is 9.86. The van der Waals surface area contributed by atoms with Crippen LogP contribution in [-0.2, 0) is 0 Å². The predicted molar refractivity (Wildman–Crippen MR) is 126 cm³/mol. The number of hydrogen-bond acceptors (Lipinski definition) is 6. The predicted octanol–water partition coefficient (Wildman–Crippen LogP) is 7.17. The summed E-state index contributed by atoms with van der Waals surface area (Å²) in [5.74, 6) is 0.883. The zero-order valence-electron chi connectivity index (χ0n) is 16.1. The zero-order chi connectivity index (χ0) is 20.8. The number of nitrogens with zero attached hydrogens (tertiary/aromatic N) is 2. The van der Waals surface area contributed by atoms with Crippen LogP contribution in [0.5, 0.6) is 0 Å². The number of aromatic nitrogens is 1. The minimum Gasteiger partial charge on any atom is -0.294 e. The van der Waals surface area contributed by atoms with Crippen molar-refractivity contribution in [3.8, 4) is 27.1 Å². The molecular weight excluding hydrogens is 428 g/mol. The number of carbonyl (C=O) groups is 1. The molecule has 1 aromatic carbocycles. The number of hydrogen-bond donors (Lipinski definition) is 0. The van der Waals surface area contributed by atoms with Gasteiger partial charge in [-0.15, -0.1) is 34.4 Å². The highest BCUT2D eigenvalue weighted by atomic mass is 32.2. The Bertz CT molecular complexity index is 1160. The molecule has 6 heteroatoms. The first kappa shape index (κ1) is 20.5. The molecular formula is C24H18N2OS3. The van der Waals surface area contributed by atoms with Crippen LogP contribution in [0.4, 0.5) is 0 Å². The van der Waals surface area contributed by atoms with E-state index in [1.54, 1.807) is 34.4 Å². The van der Waals surface area contributed by atoms with Crippen molar-refractivity contribution in [3.63, 3.8) is 0 Å². The number of thiophene rings is 2. The number of carbonyl (C=O) groups excluding carboxylic acids is 1. The van der Waals surface area contributed by atoms with E-state index < -0.39 is 0 Å². The molecule has 0 aliphatic rings. The number of nitriles is 1. The lowest BCUT2D eigenvalue weighted by Gasteiger charge is -2.10. The quantitative estimate of drug-likeness (QED) is 0.164. The highest BCUT2D eigenvalue weighted by Crippen LogP contribution is 2.37. The number of ketones is 1. The maximum Gasteiger partial charge on any atom is 0.162 e. The topological polar surface area (TPSA) is 53.8 Å². The van der Waals surface area contributed by atoms with Crippen molar-refractivity contribution in [1.82, 2.24) is 4.98 Å². The van der Waals surface area contributed by atoms with Crippen molar-refractivity contribution in [3.05, 3.63) is 82.6 Å². The first-order chi connectivity index (χ1) is 14.8. The second-order valence-corrected chi connectivity index (χ2v) is 9.52. The van der Waals surface area contributed by atoms with E-state index in [9.17, 15) is 10.1 Å². The third kappa shape index (κ3) is 4.71. The Hall–Kier alpha value is -2.72. The second-order valence-electron chi connectivity index (χ2n) is 6.54. The van der Waals surface area contributed by atoms with Crippen molar-refractivity contribution >= 4 is 40.2 Å². The summed E-state index contributed by atoms with van der Waals surface area (Å²) in [5.41, 5.74) is 3.17. The summed E-state index contributed by atoms with van der Waals surface area (Å²) in [7, 11) is 0. The molecule has 3 aromatic heterocycles. The number of benzene rings is 1. The molecule has 0 aliphatic heterocycles. The van der Waals surface area contributed by atoms with Crippen LogP contribution in [0.1, 0.15) is 28.8 Å². The minimum absolute atomic E-state index is 0.149. The molecule has 4 rings (SSSR count). The Morgan fingerprint density at radius 2 is 1.73 bits per heavy atom. The van der Waals surface area contributed by atoms with Gasteiger partial charge >= 0.3 is 0 Å². The first-order valence-corrected chi connectivity index (χ1v) is 12.2. The smallest absolute Gasteiger partial charge is 0.162 e. The van der Waals surface area contributed by atoms with Crippen LogP contribution >= 0.6 is 34.4 Å². The fourth-order valence-corrected chi connectivity index (χ4v) is 5.46. The third-order valence-electron chi connectivity index (χ3n) is 4.54. The average molecular weight is 447 g/mol. The third-order valence-corrected chi connectivity index (χ3v) is 7.40. The van der Waals surface area contributed by atoms with Gasteiger partial charge in [0.1, 0.15) is 11.1 Å². The standard InChI is InChI=1S/C24H18N2OS3/c25-16-19-18(22-10-5-12-28-22)15-20(23-11-6-13-29-23)26-24(19)30-14-4-9-21(27)17-7-2-1-3-8-17/h1-3,5-8,10-13,15H,4,9,14H2. The summed E-state index contributed by atoms with van der Waals surface area (Å²) < 4.78 is 0. The normalized spacial score (nSPS) is 10.6. The molecule has 4 aromatic rings. The van der Waals surface area contributed by atoms with Crippen LogP contribution < -0.4 is 0 Å². The van der Waals surface area contributed by atoms with Crippen LogP contribution in [0, 0.1) is 11.3 Å². The molecule has 0 amide bonds. The van der Waals surface area contributed by atoms with E-state index in [0.29, 0.717) is 12.0 Å². The summed E-state index contributed by atoms with van der Waals surface area (Å²) in [6.45, 7) is 0. The van der Waals surface area contributed by atoms with Gasteiger partial charge < -0.3 is 0 Å². The Balaban J connectivity index is 1.54. The molecule has 0 unspecified atom stereocenters. The molecule has 3 nitrogen and oxygen atoms in total. The fourth-order valence-electron chi connectivity index (χ4n) is 3.08. The highest BCUT2D eigenvalue weighted by molar-refractivity contribution is 7.99. The van der Waals surface area contributed by atoms with E-state index in [1.807, 2.05) is 71.4 Å². The lowest BCUT2D eigenvalue weighted by Crippen LogP contribution is -2.00. The maximum absolute atomic E-state index is 12.3. The van der Waals surface area contributed by atoms with Gasteiger partial charge in [-0.1, -0.05) is 42.5 Å². The highest BCUT2D eigenvalue weighted by Gasteiger charge is 2.17. The molecule has 0 N–H and O–H groups in total. The lowest BCUT2D eigenvalue weighted by atomic mass is 10.1. The molecule has 3 heterocycles. The van der Waals surface area contributed by atoms with Gasteiger partial charge in [-0.3, -0.25) is 4.79 Å². The molecule has 148 valence electrons. The molecule has 0 spiro atoms. The van der Waals surface area contributed by atoms with Gasteiger partial charge in [0.25, 0.3) is 0 Å². The Labute approximate surface area is 188 Å². The minimum atomic E-state index is 0.149. The Morgan fingerprint density at radius 1 is 1.00 bits per heavy atom. The van der Waals surface area contributed by atoms with E-state index in [1.165, 1.54) is 0 Å². The molecule has 0 aliphatic carbocycles. The van der Waals surface area contributed by atoms with Gasteiger partial charge in [-0.05, 0) is 41.1 Å². The molecule has 0 atom stereocenters. The summed E-state index contributed by atoms with van der Waals surface area (Å²) >= 11 is 4.81. The van der Waals surface area contributed by atoms with Gasteiger partial charge in [0, 0.05) is 22.4 Å². The van der Waals surface area contributed by atoms with Crippen molar-refractivity contribution in [2.45, 2.75) is 17.9 Å². The SMILES string of the molecule is N#Cc1c(-c2cccs2)cc(-c2cccs2)nc1SCCCC(=O)c1ccccc1. The van der Waals surface area contributed by atoms with Gasteiger partial charge in [0.05, 0.1) is 16.1 Å². The van der Waals surface area contributed by atoms with E-state index in [0.717, 1.165) is 43.8 Å². The van der Waals surface area contributed by atoms with Gasteiger partial charge in [-0.2, -0.15) is 5.26 Å². The van der Waals surface area contributed by atoms with E-state index >= 15 is 0 Å². The summed E-state index contributed by atoms with van der Waals surface area (Å²) in [4.78, 5) is 19.3. The van der Waals surface area contributed by atoms with Crippen molar-refractivity contribution < 1.29 is 4.79 Å². The largest absolute Gasteiger partial charge is 0.294 e. The molecule has 0 saturated heterocycles. The van der Waals surface area contributed by atoms with Gasteiger partial charge in [-0.25, -0.2) is 4.98 Å². The average Bonchev–Trinajstić information content (AvgIpc) is 3.51. The molecule has 0 saturated carbocycles. The summed E-state index contributed by atoms with van der Waals surface area (Å²) in [6.07, 6.45) is 1.23. The van der Waals surface area contributed by atoms with E-state index in [-0.39, 0.29) is 5.78 Å². The molecule has 0 radical (unpaired) electrons. The van der Waals surface area contributed by atoms with Crippen molar-refractivity contribution in [1.29, 1.82) is 5.26 Å². The van der Waals surface area contributed by atoms with Crippen molar-refractivity contribution in [2.75, 3.05) is 5.75 Å². The van der Waals surface area contributed by atoms with Gasteiger partial charge in [0.15, 0.2) is 5.78 Å². The zero-order valence-corrected chi connectivity index (χ0v) is 18.5. The van der Waals surface area contributed by atoms with E-state index in [4.69, 9.17) is 4.98 Å². The number of rotatable bonds is 8. The van der Waals surface area contributed by atoms with E-state index in [2.05, 4.69) is 6.07 Å². The van der Waals surface area contributed by atoms with Gasteiger partial charge in [0.2, 0.25) is 0 Å². The Morgan fingerprint density at radius 3 is 2.40 bits per heavy atom. The number of pyridine rings is 1. The van der Waals surface area contributed by atoms with Crippen LogP contribution in [0.15, 0.2) is 76.4 Å². The Kier molecular flexibility index (Phi) is 6.75. The summed E-state index contributed by atoms with van der Waals surface area (Å²) in [6, 6.07) is 21.8. The van der Waals surface area contributed by atoms with Crippen LogP contribution in [0.3, 0.4) is 0 Å². The lowest BCUT2D eigenvalue weighted by molar-refractivity contribution is 0.0982. The number of thioether (sulfide) groups is 1. The van der Waals surface area contributed by atoms with Crippen molar-refractivity contribution in [2.24, 2.45) is 0 Å². The molecule has 0 bridgehead atoms. The van der Waals surface area contributed by atoms with Crippen LogP contribution in [0.25, 0.3) is 21.0 Å². The van der Waals surface area contributed by atoms with Crippen LogP contribution in [0.2, 0.25) is 0 Å². The first-order valence-electron chi connectivity index (χ1n) is 9.50. The molecule has 0 fully saturated rings. The van der Waals surface area contributed by atoms with Crippen LogP contribution in [-0.4, -0.2) is 16.5 Å². The maximum atomic E-state index is 12.3. The number of Topliss-reactive ketones (excluding diaryl/α,β-unsaturated/α-hetero) is 1. The summed E-state index contributed by atoms with van der Waals surface area (Å²) in [5, 5.41) is 14.6. The molecule has 30 heavy (non-hydrogen) atoms. The monoisotopic (exact) mass is 446 g/mol.